The molecule has 2 nitrogen and oxygen atoms in total. The van der Waals surface area contributed by atoms with Crippen molar-refractivity contribution in [2.75, 3.05) is 18.0 Å². The fraction of sp³-hybridized carbons (Fsp3) is 0.538. The molecule has 1 aromatic rings. The molecule has 0 unspecified atom stereocenters. The zero-order chi connectivity index (χ0) is 13.9. The van der Waals surface area contributed by atoms with Crippen LogP contribution >= 0.6 is 11.8 Å². The summed E-state index contributed by atoms with van der Waals surface area (Å²) in [6.45, 7) is 1.14. The van der Waals surface area contributed by atoms with E-state index in [1.807, 2.05) is 24.3 Å². The van der Waals surface area contributed by atoms with Gasteiger partial charge < -0.3 is 5.73 Å². The second-order valence-corrected chi connectivity index (χ2v) is 5.90. The molecular weight excluding hydrogens is 273 g/mol. The molecule has 1 aliphatic rings. The number of anilines is 1. The molecule has 2 N–H and O–H groups in total. The molecule has 0 aromatic heterocycles. The zero-order valence-corrected chi connectivity index (χ0v) is 11.3. The van der Waals surface area contributed by atoms with E-state index in [1.54, 1.807) is 0 Å². The third kappa shape index (κ3) is 5.32. The Balaban J connectivity index is 1.86. The predicted octanol–water partition coefficient (Wildman–Crippen LogP) is 3.49. The van der Waals surface area contributed by atoms with Crippen molar-refractivity contribution in [1.82, 2.24) is 4.90 Å². The lowest BCUT2D eigenvalue weighted by atomic mass is 10.2. The first-order valence-electron chi connectivity index (χ1n) is 6.23. The van der Waals surface area contributed by atoms with E-state index in [9.17, 15) is 13.2 Å². The molecular formula is C13H17F3N2S. The van der Waals surface area contributed by atoms with E-state index in [-0.39, 0.29) is 17.5 Å². The van der Waals surface area contributed by atoms with Crippen molar-refractivity contribution in [3.05, 3.63) is 29.8 Å². The van der Waals surface area contributed by atoms with Crippen molar-refractivity contribution in [2.45, 2.75) is 30.9 Å². The molecule has 2 rings (SSSR count). The average molecular weight is 290 g/mol. The number of halogens is 3. The van der Waals surface area contributed by atoms with Crippen molar-refractivity contribution in [3.8, 4) is 0 Å². The van der Waals surface area contributed by atoms with Crippen LogP contribution in [-0.2, 0) is 6.54 Å². The Morgan fingerprint density at radius 3 is 2.63 bits per heavy atom. The van der Waals surface area contributed by atoms with Crippen molar-refractivity contribution in [3.63, 3.8) is 0 Å². The standard InChI is InChI=1S/C13H17F3N2S/c14-13(15,16)19-7-6-18(12-4-5-12)9-10-2-1-3-11(17)8-10/h1-3,8,12H,4-7,9,17H2. The molecule has 1 aromatic carbocycles. The largest absolute Gasteiger partial charge is 0.441 e. The lowest BCUT2D eigenvalue weighted by Crippen LogP contribution is -2.28. The highest BCUT2D eigenvalue weighted by molar-refractivity contribution is 8.00. The van der Waals surface area contributed by atoms with Gasteiger partial charge in [0.1, 0.15) is 0 Å². The van der Waals surface area contributed by atoms with E-state index < -0.39 is 5.51 Å². The van der Waals surface area contributed by atoms with Crippen LogP contribution in [-0.4, -0.2) is 28.7 Å². The minimum absolute atomic E-state index is 0.0544. The van der Waals surface area contributed by atoms with Crippen LogP contribution in [0, 0.1) is 0 Å². The zero-order valence-electron chi connectivity index (χ0n) is 10.5. The van der Waals surface area contributed by atoms with Crippen LogP contribution in [0.25, 0.3) is 0 Å². The first-order chi connectivity index (χ1) is 8.94. The van der Waals surface area contributed by atoms with Gasteiger partial charge in [-0.3, -0.25) is 4.90 Å². The summed E-state index contributed by atoms with van der Waals surface area (Å²) < 4.78 is 36.4. The van der Waals surface area contributed by atoms with Gasteiger partial charge in [0.15, 0.2) is 0 Å². The number of benzene rings is 1. The van der Waals surface area contributed by atoms with Crippen LogP contribution in [0.1, 0.15) is 18.4 Å². The minimum atomic E-state index is -4.13. The Bertz CT molecular complexity index is 419. The van der Waals surface area contributed by atoms with Gasteiger partial charge in [-0.05, 0) is 42.3 Å². The fourth-order valence-corrected chi connectivity index (χ4v) is 2.59. The molecule has 19 heavy (non-hydrogen) atoms. The molecule has 0 spiro atoms. The van der Waals surface area contributed by atoms with Gasteiger partial charge in [0.05, 0.1) is 0 Å². The highest BCUT2D eigenvalue weighted by atomic mass is 32.2. The van der Waals surface area contributed by atoms with Gasteiger partial charge in [0.25, 0.3) is 0 Å². The van der Waals surface area contributed by atoms with E-state index in [0.717, 1.165) is 18.4 Å². The average Bonchev–Trinajstić information content (AvgIpc) is 3.10. The summed E-state index contributed by atoms with van der Waals surface area (Å²) in [5.41, 5.74) is 3.33. The number of alkyl halides is 3. The van der Waals surface area contributed by atoms with Crippen LogP contribution in [0.4, 0.5) is 18.9 Å². The summed E-state index contributed by atoms with van der Waals surface area (Å²) >= 11 is 0.0544. The smallest absolute Gasteiger partial charge is 0.399 e. The maximum atomic E-state index is 12.1. The molecule has 0 radical (unpaired) electrons. The van der Waals surface area contributed by atoms with Crippen LogP contribution in [0.15, 0.2) is 24.3 Å². The molecule has 0 saturated heterocycles. The van der Waals surface area contributed by atoms with E-state index >= 15 is 0 Å². The second kappa shape index (κ2) is 6.05. The molecule has 0 heterocycles. The SMILES string of the molecule is Nc1cccc(CN(CCSC(F)(F)F)C2CC2)c1. The summed E-state index contributed by atoms with van der Waals surface area (Å²) in [4.78, 5) is 2.12. The normalized spacial score (nSPS) is 16.0. The lowest BCUT2D eigenvalue weighted by molar-refractivity contribution is -0.0329. The maximum Gasteiger partial charge on any atom is 0.441 e. The number of nitrogen functional groups attached to an aromatic ring is 1. The third-order valence-corrected chi connectivity index (χ3v) is 3.76. The Kier molecular flexibility index (Phi) is 4.62. The van der Waals surface area contributed by atoms with Crippen molar-refractivity contribution >= 4 is 17.4 Å². The lowest BCUT2D eigenvalue weighted by Gasteiger charge is -2.22. The monoisotopic (exact) mass is 290 g/mol. The highest BCUT2D eigenvalue weighted by Crippen LogP contribution is 2.32. The van der Waals surface area contributed by atoms with Crippen LogP contribution in [0.2, 0.25) is 0 Å². The van der Waals surface area contributed by atoms with Crippen molar-refractivity contribution < 1.29 is 13.2 Å². The van der Waals surface area contributed by atoms with E-state index in [0.29, 0.717) is 24.8 Å². The van der Waals surface area contributed by atoms with E-state index in [4.69, 9.17) is 5.73 Å². The summed E-state index contributed by atoms with van der Waals surface area (Å²) in [7, 11) is 0. The summed E-state index contributed by atoms with van der Waals surface area (Å²) in [6.07, 6.45) is 2.16. The van der Waals surface area contributed by atoms with Gasteiger partial charge in [-0.2, -0.15) is 13.2 Å². The van der Waals surface area contributed by atoms with Gasteiger partial charge in [0, 0.05) is 30.6 Å². The Morgan fingerprint density at radius 2 is 2.05 bits per heavy atom. The molecule has 106 valence electrons. The molecule has 1 saturated carbocycles. The number of rotatable bonds is 6. The number of thioether (sulfide) groups is 1. The molecule has 1 fully saturated rings. The van der Waals surface area contributed by atoms with Gasteiger partial charge in [-0.25, -0.2) is 0 Å². The van der Waals surface area contributed by atoms with Crippen LogP contribution < -0.4 is 5.73 Å². The minimum Gasteiger partial charge on any atom is -0.399 e. The number of hydrogen-bond donors (Lipinski definition) is 1. The molecule has 6 heteroatoms. The molecule has 0 atom stereocenters. The van der Waals surface area contributed by atoms with Gasteiger partial charge in [-0.15, -0.1) is 0 Å². The van der Waals surface area contributed by atoms with E-state index in [1.165, 1.54) is 0 Å². The van der Waals surface area contributed by atoms with Crippen molar-refractivity contribution in [1.29, 1.82) is 0 Å². The Labute approximate surface area is 115 Å². The molecule has 0 aliphatic heterocycles. The Hall–Kier alpha value is -0.880. The topological polar surface area (TPSA) is 29.3 Å². The van der Waals surface area contributed by atoms with Gasteiger partial charge >= 0.3 is 5.51 Å². The van der Waals surface area contributed by atoms with Gasteiger partial charge in [-0.1, -0.05) is 12.1 Å². The third-order valence-electron chi connectivity index (χ3n) is 3.04. The Morgan fingerprint density at radius 1 is 1.32 bits per heavy atom. The number of nitrogens with zero attached hydrogens (tertiary/aromatic N) is 1. The summed E-state index contributed by atoms with van der Waals surface area (Å²) in [6, 6.07) is 7.97. The van der Waals surface area contributed by atoms with Crippen LogP contribution in [0.5, 0.6) is 0 Å². The second-order valence-electron chi connectivity index (χ2n) is 4.74. The first kappa shape index (κ1) is 14.5. The predicted molar refractivity (Wildman–Crippen MR) is 72.8 cm³/mol. The van der Waals surface area contributed by atoms with E-state index in [2.05, 4.69) is 4.90 Å². The van der Waals surface area contributed by atoms with Crippen molar-refractivity contribution in [2.24, 2.45) is 0 Å². The maximum absolute atomic E-state index is 12.1. The molecule has 0 amide bonds. The fourth-order valence-electron chi connectivity index (χ4n) is 2.04. The van der Waals surface area contributed by atoms with Crippen LogP contribution in [0.3, 0.4) is 0 Å². The summed E-state index contributed by atoms with van der Waals surface area (Å²) in [5, 5.41) is 0. The molecule has 0 bridgehead atoms. The summed E-state index contributed by atoms with van der Waals surface area (Å²) in [5.74, 6) is 0.0856. The highest BCUT2D eigenvalue weighted by Gasteiger charge is 2.31. The first-order valence-corrected chi connectivity index (χ1v) is 7.22. The molecule has 1 aliphatic carbocycles. The quantitative estimate of drug-likeness (QED) is 0.813. The van der Waals surface area contributed by atoms with Gasteiger partial charge in [0.2, 0.25) is 0 Å². The number of hydrogen-bond acceptors (Lipinski definition) is 3. The number of nitrogens with two attached hydrogens (primary N) is 1.